The zero-order valence-corrected chi connectivity index (χ0v) is 22.6. The molecule has 186 valence electrons. The van der Waals surface area contributed by atoms with Crippen LogP contribution in [0.1, 0.15) is 94.4 Å². The fourth-order valence-corrected chi connectivity index (χ4v) is 5.13. The maximum Gasteiger partial charge on any atom is 0.319 e. The number of methoxy groups -OCH3 is 1. The molecule has 0 aromatic rings. The van der Waals surface area contributed by atoms with Crippen LogP contribution in [0.25, 0.3) is 0 Å². The molecule has 4 unspecified atom stereocenters. The number of esters is 1. The van der Waals surface area contributed by atoms with E-state index in [1.165, 1.54) is 18.3 Å². The zero-order valence-electron chi connectivity index (χ0n) is 22.6. The van der Waals surface area contributed by atoms with Crippen molar-refractivity contribution in [2.75, 3.05) is 7.11 Å². The van der Waals surface area contributed by atoms with Gasteiger partial charge in [-0.1, -0.05) is 55.7 Å². The lowest BCUT2D eigenvalue weighted by Gasteiger charge is -2.52. The predicted molar refractivity (Wildman–Crippen MR) is 136 cm³/mol. The normalized spacial score (nSPS) is 27.1. The molecule has 0 saturated heterocycles. The van der Waals surface area contributed by atoms with Crippen LogP contribution in [0.4, 0.5) is 0 Å². The van der Waals surface area contributed by atoms with Crippen molar-refractivity contribution in [3.63, 3.8) is 0 Å². The minimum absolute atomic E-state index is 0.00743. The van der Waals surface area contributed by atoms with E-state index in [-0.39, 0.29) is 29.8 Å². The highest BCUT2D eigenvalue weighted by Gasteiger charge is 2.62. The molecule has 0 amide bonds. The summed E-state index contributed by atoms with van der Waals surface area (Å²) in [7, 11) is 1.34. The summed E-state index contributed by atoms with van der Waals surface area (Å²) in [5.41, 5.74) is 1.60. The molecule has 4 nitrogen and oxygen atoms in total. The minimum Gasteiger partial charge on any atom is -0.468 e. The van der Waals surface area contributed by atoms with Gasteiger partial charge in [-0.25, -0.2) is 0 Å². The summed E-state index contributed by atoms with van der Waals surface area (Å²) in [5, 5.41) is 0. The van der Waals surface area contributed by atoms with Crippen molar-refractivity contribution in [2.24, 2.45) is 28.6 Å². The van der Waals surface area contributed by atoms with Gasteiger partial charge in [0.15, 0.2) is 5.78 Å². The van der Waals surface area contributed by atoms with Gasteiger partial charge in [0.05, 0.1) is 13.0 Å². The van der Waals surface area contributed by atoms with Crippen LogP contribution in [0.15, 0.2) is 34.9 Å². The van der Waals surface area contributed by atoms with E-state index in [0.29, 0.717) is 6.42 Å². The highest BCUT2D eigenvalue weighted by Crippen LogP contribution is 2.56. The number of ketones is 2. The molecule has 1 fully saturated rings. The second-order valence-electron chi connectivity index (χ2n) is 11.2. The van der Waals surface area contributed by atoms with E-state index < -0.39 is 22.7 Å². The molecule has 4 atom stereocenters. The van der Waals surface area contributed by atoms with Crippen molar-refractivity contribution in [1.29, 1.82) is 0 Å². The number of ether oxygens (including phenoxy) is 1. The molecule has 0 bridgehead atoms. The molecule has 0 aliphatic heterocycles. The molecule has 1 aliphatic rings. The van der Waals surface area contributed by atoms with Crippen molar-refractivity contribution < 1.29 is 19.1 Å². The molecule has 33 heavy (non-hydrogen) atoms. The van der Waals surface area contributed by atoms with E-state index in [2.05, 4.69) is 46.8 Å². The van der Waals surface area contributed by atoms with E-state index in [0.717, 1.165) is 24.8 Å². The van der Waals surface area contributed by atoms with Gasteiger partial charge in [0.25, 0.3) is 0 Å². The first-order valence-electron chi connectivity index (χ1n) is 12.3. The average molecular weight is 459 g/mol. The van der Waals surface area contributed by atoms with Crippen LogP contribution in [0.5, 0.6) is 0 Å². The Balaban J connectivity index is 3.79. The Morgan fingerprint density at radius 3 is 2.00 bits per heavy atom. The maximum atomic E-state index is 14.2. The first-order chi connectivity index (χ1) is 15.2. The van der Waals surface area contributed by atoms with Gasteiger partial charge in [-0.05, 0) is 85.0 Å². The molecule has 1 aliphatic carbocycles. The minimum atomic E-state index is -1.32. The molecular weight excluding hydrogens is 412 g/mol. The summed E-state index contributed by atoms with van der Waals surface area (Å²) >= 11 is 0. The molecular formula is C29H46O4. The highest BCUT2D eigenvalue weighted by molar-refractivity contribution is 6.14. The van der Waals surface area contributed by atoms with Gasteiger partial charge >= 0.3 is 5.97 Å². The summed E-state index contributed by atoms with van der Waals surface area (Å²) in [5.74, 6) is -1.93. The third kappa shape index (κ3) is 6.77. The fourth-order valence-electron chi connectivity index (χ4n) is 5.13. The van der Waals surface area contributed by atoms with E-state index >= 15 is 0 Å². The average Bonchev–Trinajstić information content (AvgIpc) is 2.71. The quantitative estimate of drug-likeness (QED) is 0.200. The second-order valence-corrected chi connectivity index (χ2v) is 11.2. The standard InChI is InChI=1S/C29H46O4/c1-19(2)12-11-16-28(9)23(14-13-20(3)4)18-29(27(32)33-10,17-15-21(5)6)26(31)24(28)25(30)22(7)8/h12-13,15,22-24H,11,14,16-18H2,1-10H3. The molecule has 4 heteroatoms. The van der Waals surface area contributed by atoms with E-state index in [4.69, 9.17) is 4.74 Å². The van der Waals surface area contributed by atoms with Crippen LogP contribution in [0.3, 0.4) is 0 Å². The number of carbonyl (C=O) groups is 3. The second kappa shape index (κ2) is 11.9. The Labute approximate surface area is 201 Å². The lowest BCUT2D eigenvalue weighted by molar-refractivity contribution is -0.172. The molecule has 0 N–H and O–H groups in total. The first-order valence-corrected chi connectivity index (χ1v) is 12.3. The number of hydrogen-bond donors (Lipinski definition) is 0. The van der Waals surface area contributed by atoms with Gasteiger partial charge in [-0.2, -0.15) is 0 Å². The van der Waals surface area contributed by atoms with Gasteiger partial charge in [-0.3, -0.25) is 14.4 Å². The topological polar surface area (TPSA) is 60.4 Å². The van der Waals surface area contributed by atoms with Crippen LogP contribution in [0, 0.1) is 28.6 Å². The summed E-state index contributed by atoms with van der Waals surface area (Å²) in [4.78, 5) is 41.1. The van der Waals surface area contributed by atoms with E-state index in [1.807, 2.05) is 33.8 Å². The first kappa shape index (κ1) is 29.1. The predicted octanol–water partition coefficient (Wildman–Crippen LogP) is 7.04. The lowest BCUT2D eigenvalue weighted by Crippen LogP contribution is -2.59. The van der Waals surface area contributed by atoms with Gasteiger partial charge in [0.2, 0.25) is 0 Å². The molecule has 1 rings (SSSR count). The maximum absolute atomic E-state index is 14.2. The smallest absolute Gasteiger partial charge is 0.319 e. The van der Waals surface area contributed by atoms with Crippen LogP contribution in [0.2, 0.25) is 0 Å². The van der Waals surface area contributed by atoms with Crippen LogP contribution >= 0.6 is 0 Å². The Hall–Kier alpha value is -1.97. The summed E-state index contributed by atoms with van der Waals surface area (Å²) in [6, 6.07) is 0. The number of allylic oxidation sites excluding steroid dienone is 6. The molecule has 0 spiro atoms. The third-order valence-electron chi connectivity index (χ3n) is 7.26. The molecule has 1 saturated carbocycles. The number of rotatable bonds is 10. The summed E-state index contributed by atoms with van der Waals surface area (Å²) < 4.78 is 5.21. The summed E-state index contributed by atoms with van der Waals surface area (Å²) in [6.07, 6.45) is 9.24. The Morgan fingerprint density at radius 1 is 1.00 bits per heavy atom. The Morgan fingerprint density at radius 2 is 1.55 bits per heavy atom. The van der Waals surface area contributed by atoms with Gasteiger partial charge in [-0.15, -0.1) is 0 Å². The van der Waals surface area contributed by atoms with Crippen molar-refractivity contribution in [3.8, 4) is 0 Å². The number of Topliss-reactive ketones (excluding diaryl/α,β-unsaturated/α-hetero) is 2. The highest BCUT2D eigenvalue weighted by atomic mass is 16.5. The van der Waals surface area contributed by atoms with E-state index in [1.54, 1.807) is 0 Å². The lowest BCUT2D eigenvalue weighted by atomic mass is 9.49. The molecule has 0 aromatic carbocycles. The third-order valence-corrected chi connectivity index (χ3v) is 7.26. The van der Waals surface area contributed by atoms with Crippen LogP contribution < -0.4 is 0 Å². The Kier molecular flexibility index (Phi) is 10.5. The van der Waals surface area contributed by atoms with Crippen molar-refractivity contribution in [1.82, 2.24) is 0 Å². The number of carbonyl (C=O) groups excluding carboxylic acids is 3. The van der Waals surface area contributed by atoms with Crippen LogP contribution in [-0.2, 0) is 19.1 Å². The van der Waals surface area contributed by atoms with Crippen molar-refractivity contribution in [3.05, 3.63) is 34.9 Å². The molecule has 0 aromatic heterocycles. The molecule has 0 heterocycles. The van der Waals surface area contributed by atoms with Gasteiger partial charge in [0.1, 0.15) is 11.2 Å². The monoisotopic (exact) mass is 458 g/mol. The van der Waals surface area contributed by atoms with E-state index in [9.17, 15) is 14.4 Å². The van der Waals surface area contributed by atoms with Gasteiger partial charge < -0.3 is 4.74 Å². The zero-order chi connectivity index (χ0) is 25.6. The fraction of sp³-hybridized carbons (Fsp3) is 0.690. The number of hydrogen-bond acceptors (Lipinski definition) is 4. The summed E-state index contributed by atoms with van der Waals surface area (Å²) in [6.45, 7) is 18.0. The van der Waals surface area contributed by atoms with Gasteiger partial charge in [0, 0.05) is 5.92 Å². The van der Waals surface area contributed by atoms with Crippen molar-refractivity contribution >= 4 is 17.5 Å². The SMILES string of the molecule is COC(=O)C1(CC=C(C)C)CC(CC=C(C)C)C(C)(CCC=C(C)C)C(C(=O)C(C)C)C1=O. The largest absolute Gasteiger partial charge is 0.468 e. The van der Waals surface area contributed by atoms with Crippen molar-refractivity contribution in [2.45, 2.75) is 94.4 Å². The van der Waals surface area contributed by atoms with Crippen LogP contribution in [-0.4, -0.2) is 24.6 Å². The molecule has 0 radical (unpaired) electrons. The Bertz CT molecular complexity index is 817.